The lowest BCUT2D eigenvalue weighted by Crippen LogP contribution is -2.30. The van der Waals surface area contributed by atoms with Crippen LogP contribution in [0.25, 0.3) is 0 Å². The number of amides is 1. The number of esters is 1. The maximum absolute atomic E-state index is 13.6. The van der Waals surface area contributed by atoms with Gasteiger partial charge in [-0.3, -0.25) is 4.79 Å². The molecular formula is C18H16F6N2O3. The second-order valence-electron chi connectivity index (χ2n) is 6.25. The largest absolute Gasteiger partial charge is 0.449 e. The van der Waals surface area contributed by atoms with Crippen LogP contribution in [0.3, 0.4) is 0 Å². The van der Waals surface area contributed by atoms with E-state index >= 15 is 0 Å². The summed E-state index contributed by atoms with van der Waals surface area (Å²) in [5.41, 5.74) is -0.692. The van der Waals surface area contributed by atoms with Gasteiger partial charge in [-0.25, -0.2) is 18.0 Å². The van der Waals surface area contributed by atoms with Crippen molar-refractivity contribution < 1.29 is 40.7 Å². The molecule has 1 atom stereocenters. The standard InChI is InChI=1S/C18H16F6N2O3/c1-8-6-11(9(2)26(8)7-18(22,23)24)17(28)29-10(3)16(27)25-13-5-4-12(19)14(20)15(13)21/h4-6,10H,7H2,1-3H3,(H,25,27). The highest BCUT2D eigenvalue weighted by molar-refractivity contribution is 5.97. The third-order valence-corrected chi connectivity index (χ3v) is 4.08. The smallest absolute Gasteiger partial charge is 0.406 e. The molecule has 0 saturated carbocycles. The van der Waals surface area contributed by atoms with Gasteiger partial charge in [0.05, 0.1) is 11.3 Å². The molecule has 1 unspecified atom stereocenters. The first-order chi connectivity index (χ1) is 13.3. The lowest BCUT2D eigenvalue weighted by molar-refractivity contribution is -0.141. The van der Waals surface area contributed by atoms with Gasteiger partial charge in [0.1, 0.15) is 6.54 Å². The van der Waals surface area contributed by atoms with Crippen LogP contribution in [0.5, 0.6) is 0 Å². The van der Waals surface area contributed by atoms with Gasteiger partial charge in [-0.05, 0) is 39.0 Å². The summed E-state index contributed by atoms with van der Waals surface area (Å²) in [6.45, 7) is 2.48. The number of anilines is 1. The van der Waals surface area contributed by atoms with E-state index in [2.05, 4.69) is 0 Å². The number of aryl methyl sites for hydroxylation is 1. The number of hydrogen-bond acceptors (Lipinski definition) is 3. The van der Waals surface area contributed by atoms with Gasteiger partial charge >= 0.3 is 12.1 Å². The number of alkyl halides is 3. The van der Waals surface area contributed by atoms with E-state index in [-0.39, 0.29) is 17.0 Å². The van der Waals surface area contributed by atoms with Gasteiger partial charge in [-0.15, -0.1) is 0 Å². The molecule has 2 rings (SSSR count). The number of benzene rings is 1. The van der Waals surface area contributed by atoms with Crippen LogP contribution in [0.2, 0.25) is 0 Å². The third kappa shape index (κ3) is 5.09. The van der Waals surface area contributed by atoms with Crippen molar-refractivity contribution in [3.63, 3.8) is 0 Å². The molecule has 0 saturated heterocycles. The third-order valence-electron chi connectivity index (χ3n) is 4.08. The van der Waals surface area contributed by atoms with Crippen LogP contribution in [0.1, 0.15) is 28.7 Å². The van der Waals surface area contributed by atoms with Crippen LogP contribution in [0, 0.1) is 31.3 Å². The predicted molar refractivity (Wildman–Crippen MR) is 89.8 cm³/mol. The molecule has 158 valence electrons. The number of hydrogen-bond donors (Lipinski definition) is 1. The Hall–Kier alpha value is -2.98. The predicted octanol–water partition coefficient (Wildman–Crippen LogP) is 4.27. The van der Waals surface area contributed by atoms with Crippen molar-refractivity contribution in [3.05, 3.63) is 52.6 Å². The van der Waals surface area contributed by atoms with Gasteiger partial charge in [0.2, 0.25) is 0 Å². The number of rotatable bonds is 5. The lowest BCUT2D eigenvalue weighted by Gasteiger charge is -2.15. The van der Waals surface area contributed by atoms with Crippen LogP contribution < -0.4 is 5.32 Å². The summed E-state index contributed by atoms with van der Waals surface area (Å²) in [5.74, 6) is -6.99. The molecule has 0 bridgehead atoms. The SMILES string of the molecule is Cc1cc(C(=O)OC(C)C(=O)Nc2ccc(F)c(F)c2F)c(C)n1CC(F)(F)F. The summed E-state index contributed by atoms with van der Waals surface area (Å²) >= 11 is 0. The number of nitrogens with one attached hydrogen (secondary N) is 1. The molecule has 0 aliphatic carbocycles. The molecular weight excluding hydrogens is 406 g/mol. The van der Waals surface area contributed by atoms with E-state index < -0.39 is 53.8 Å². The van der Waals surface area contributed by atoms with Crippen molar-refractivity contribution in [2.75, 3.05) is 5.32 Å². The maximum Gasteiger partial charge on any atom is 0.406 e. The van der Waals surface area contributed by atoms with E-state index in [1.54, 1.807) is 0 Å². The molecule has 11 heteroatoms. The maximum atomic E-state index is 13.6. The van der Waals surface area contributed by atoms with Gasteiger partial charge in [-0.1, -0.05) is 0 Å². The van der Waals surface area contributed by atoms with Crippen molar-refractivity contribution in [2.24, 2.45) is 0 Å². The van der Waals surface area contributed by atoms with Crippen LogP contribution in [-0.4, -0.2) is 28.7 Å². The van der Waals surface area contributed by atoms with Crippen molar-refractivity contribution in [1.29, 1.82) is 0 Å². The minimum atomic E-state index is -4.50. The van der Waals surface area contributed by atoms with Crippen molar-refractivity contribution >= 4 is 17.6 Å². The fraction of sp³-hybridized carbons (Fsp3) is 0.333. The first-order valence-corrected chi connectivity index (χ1v) is 8.20. The topological polar surface area (TPSA) is 60.3 Å². The zero-order chi connectivity index (χ0) is 22.1. The number of carbonyl (C=O) groups is 2. The highest BCUT2D eigenvalue weighted by atomic mass is 19.4. The second-order valence-corrected chi connectivity index (χ2v) is 6.25. The number of ether oxygens (including phenoxy) is 1. The first-order valence-electron chi connectivity index (χ1n) is 8.20. The highest BCUT2D eigenvalue weighted by Gasteiger charge is 2.31. The Labute approximate surface area is 161 Å². The van der Waals surface area contributed by atoms with Gasteiger partial charge < -0.3 is 14.6 Å². The zero-order valence-corrected chi connectivity index (χ0v) is 15.5. The van der Waals surface area contributed by atoms with Crippen LogP contribution in [0.4, 0.5) is 32.0 Å². The Bertz CT molecular complexity index is 952. The molecule has 0 radical (unpaired) electrons. The summed E-state index contributed by atoms with van der Waals surface area (Å²) in [6, 6.07) is 2.56. The van der Waals surface area contributed by atoms with Gasteiger partial charge in [0.25, 0.3) is 5.91 Å². The average molecular weight is 422 g/mol. The molecule has 29 heavy (non-hydrogen) atoms. The van der Waals surface area contributed by atoms with Crippen LogP contribution in [0.15, 0.2) is 18.2 Å². The Morgan fingerprint density at radius 3 is 2.34 bits per heavy atom. The molecule has 5 nitrogen and oxygen atoms in total. The molecule has 1 N–H and O–H groups in total. The Morgan fingerprint density at radius 2 is 1.76 bits per heavy atom. The van der Waals surface area contributed by atoms with Crippen LogP contribution >= 0.6 is 0 Å². The van der Waals surface area contributed by atoms with E-state index in [9.17, 15) is 35.9 Å². The summed E-state index contributed by atoms with van der Waals surface area (Å²) in [7, 11) is 0. The fourth-order valence-electron chi connectivity index (χ4n) is 2.56. The van der Waals surface area contributed by atoms with Crippen LogP contribution in [-0.2, 0) is 16.1 Å². The normalized spacial score (nSPS) is 12.6. The average Bonchev–Trinajstić information content (AvgIpc) is 2.89. The summed E-state index contributed by atoms with van der Waals surface area (Å²) in [6.07, 6.45) is -6.00. The van der Waals surface area contributed by atoms with Gasteiger partial charge in [-0.2, -0.15) is 13.2 Å². The van der Waals surface area contributed by atoms with E-state index in [4.69, 9.17) is 4.74 Å². The van der Waals surface area contributed by atoms with Gasteiger partial charge in [0, 0.05) is 11.4 Å². The van der Waals surface area contributed by atoms with Gasteiger partial charge in [0.15, 0.2) is 23.6 Å². The minimum Gasteiger partial charge on any atom is -0.449 e. The van der Waals surface area contributed by atoms with E-state index in [1.165, 1.54) is 19.9 Å². The lowest BCUT2D eigenvalue weighted by atomic mass is 10.2. The van der Waals surface area contributed by atoms with E-state index in [1.807, 2.05) is 5.32 Å². The summed E-state index contributed by atoms with van der Waals surface area (Å²) in [5, 5.41) is 1.95. The summed E-state index contributed by atoms with van der Waals surface area (Å²) in [4.78, 5) is 24.3. The van der Waals surface area contributed by atoms with E-state index in [0.29, 0.717) is 6.07 Å². The number of halogens is 6. The molecule has 1 aromatic carbocycles. The van der Waals surface area contributed by atoms with Crippen molar-refractivity contribution in [2.45, 2.75) is 39.6 Å². The van der Waals surface area contributed by atoms with Crippen molar-refractivity contribution in [1.82, 2.24) is 4.57 Å². The molecule has 0 fully saturated rings. The Balaban J connectivity index is 2.12. The Kier molecular flexibility index (Phi) is 6.29. The van der Waals surface area contributed by atoms with E-state index in [0.717, 1.165) is 17.6 Å². The summed E-state index contributed by atoms with van der Waals surface area (Å²) < 4.78 is 83.5. The molecule has 0 aliphatic rings. The molecule has 0 aliphatic heterocycles. The number of nitrogens with zero attached hydrogens (tertiary/aromatic N) is 1. The molecule has 2 aromatic rings. The molecule has 1 heterocycles. The molecule has 1 aromatic heterocycles. The van der Waals surface area contributed by atoms with Crippen molar-refractivity contribution in [3.8, 4) is 0 Å². The Morgan fingerprint density at radius 1 is 1.14 bits per heavy atom. The number of carbonyl (C=O) groups excluding carboxylic acids is 2. The highest BCUT2D eigenvalue weighted by Crippen LogP contribution is 2.24. The fourth-order valence-corrected chi connectivity index (χ4v) is 2.56. The second kappa shape index (κ2) is 8.18. The monoisotopic (exact) mass is 422 g/mol. The quantitative estimate of drug-likeness (QED) is 0.445. The molecule has 1 amide bonds. The molecule has 0 spiro atoms. The minimum absolute atomic E-state index is 0.0101. The first kappa shape index (κ1) is 22.3. The zero-order valence-electron chi connectivity index (χ0n) is 15.5. The number of aromatic nitrogens is 1.